The van der Waals surface area contributed by atoms with Gasteiger partial charge in [-0.3, -0.25) is 4.68 Å². The van der Waals surface area contributed by atoms with Gasteiger partial charge in [-0.15, -0.1) is 0 Å². The van der Waals surface area contributed by atoms with Crippen LogP contribution in [0.15, 0.2) is 29.5 Å². The number of nitrogens with one attached hydrogen (secondary N) is 1. The van der Waals surface area contributed by atoms with E-state index in [1.54, 1.807) is 16.9 Å². The topological polar surface area (TPSA) is 102 Å². The van der Waals surface area contributed by atoms with Crippen LogP contribution in [0, 0.1) is 0 Å². The summed E-state index contributed by atoms with van der Waals surface area (Å²) >= 11 is 3.39. The van der Waals surface area contributed by atoms with E-state index in [2.05, 4.69) is 55.3 Å². The Kier molecular flexibility index (Phi) is 5.63. The molecule has 2 unspecified atom stereocenters. The Balaban J connectivity index is 1.47. The number of hydrogen-bond donors (Lipinski definition) is 1. The summed E-state index contributed by atoms with van der Waals surface area (Å²) in [5.74, 6) is 0.591. The highest BCUT2D eigenvalue weighted by atomic mass is 79.9. The fourth-order valence-electron chi connectivity index (χ4n) is 4.06. The molecule has 0 bridgehead atoms. The highest BCUT2D eigenvalue weighted by Crippen LogP contribution is 2.33. The third-order valence-electron chi connectivity index (χ3n) is 5.25. The first-order chi connectivity index (χ1) is 14.6. The maximum Gasteiger partial charge on any atom is 0.410 e. The molecule has 11 heteroatoms. The van der Waals surface area contributed by atoms with Crippen LogP contribution in [0.25, 0.3) is 5.65 Å². The number of carbonyl (C=O) groups is 1. The third kappa shape index (κ3) is 4.65. The first kappa shape index (κ1) is 21.5. The molecular formula is C20H27BrN8O2. The molecule has 10 nitrogen and oxygen atoms in total. The van der Waals surface area contributed by atoms with Crippen molar-refractivity contribution >= 4 is 39.2 Å². The zero-order valence-electron chi connectivity index (χ0n) is 18.3. The minimum Gasteiger partial charge on any atom is -0.444 e. The van der Waals surface area contributed by atoms with Gasteiger partial charge in [0.2, 0.25) is 0 Å². The molecule has 3 aromatic heterocycles. The summed E-state index contributed by atoms with van der Waals surface area (Å²) in [7, 11) is 0. The molecule has 2 atom stereocenters. The Morgan fingerprint density at radius 1 is 1.19 bits per heavy atom. The lowest BCUT2D eigenvalue weighted by atomic mass is 9.93. The molecule has 3 aromatic rings. The summed E-state index contributed by atoms with van der Waals surface area (Å²) in [6.45, 7) is 9.78. The van der Waals surface area contributed by atoms with Crippen molar-refractivity contribution in [3.05, 3.63) is 29.5 Å². The zero-order chi connectivity index (χ0) is 22.3. The Labute approximate surface area is 189 Å². The second-order valence-electron chi connectivity index (χ2n) is 8.99. The first-order valence-electron chi connectivity index (χ1n) is 10.3. The molecule has 0 spiro atoms. The minimum atomic E-state index is -0.508. The lowest BCUT2D eigenvalue weighted by molar-refractivity contribution is -0.00692. The summed E-state index contributed by atoms with van der Waals surface area (Å²) in [5.41, 5.74) is 0.931. The van der Waals surface area contributed by atoms with Gasteiger partial charge in [0.1, 0.15) is 16.5 Å². The van der Waals surface area contributed by atoms with Crippen LogP contribution in [0.4, 0.5) is 16.3 Å². The molecule has 1 aliphatic rings. The standard InChI is InChI=1S/C20H27BrN8O2/c1-12-6-15(7-13(2)29(12)19(30)31-20(3,4)5)27-9-14(8-23-27)25-17-18-22-11-24-28(18)10-16(21)26-17/h8-13,15H,6-7H2,1-5H3,(H,25,26). The van der Waals surface area contributed by atoms with Crippen molar-refractivity contribution in [3.63, 3.8) is 0 Å². The van der Waals surface area contributed by atoms with Crippen molar-refractivity contribution in [2.45, 2.75) is 71.2 Å². The number of halogens is 1. The Hall–Kier alpha value is -2.69. The molecule has 0 aliphatic carbocycles. The number of carbonyl (C=O) groups excluding carboxylic acids is 1. The summed E-state index contributed by atoms with van der Waals surface area (Å²) in [5, 5.41) is 12.0. The highest BCUT2D eigenvalue weighted by molar-refractivity contribution is 9.10. The Bertz CT molecular complexity index is 1080. The van der Waals surface area contributed by atoms with E-state index < -0.39 is 5.60 Å². The molecule has 0 saturated carbocycles. The van der Waals surface area contributed by atoms with Gasteiger partial charge in [0, 0.05) is 18.3 Å². The molecular weight excluding hydrogens is 464 g/mol. The van der Waals surface area contributed by atoms with E-state index >= 15 is 0 Å². The summed E-state index contributed by atoms with van der Waals surface area (Å²) in [6, 6.07) is 0.279. The maximum absolute atomic E-state index is 12.6. The predicted molar refractivity (Wildman–Crippen MR) is 119 cm³/mol. The van der Waals surface area contributed by atoms with Gasteiger partial charge in [0.15, 0.2) is 11.5 Å². The number of amides is 1. The van der Waals surface area contributed by atoms with Gasteiger partial charge in [-0.1, -0.05) is 0 Å². The van der Waals surface area contributed by atoms with Crippen LogP contribution in [0.1, 0.15) is 53.5 Å². The fraction of sp³-hybridized carbons (Fsp3) is 0.550. The summed E-state index contributed by atoms with van der Waals surface area (Å²) < 4.78 is 9.86. The average Bonchev–Trinajstić information content (AvgIpc) is 3.28. The molecule has 0 aromatic carbocycles. The van der Waals surface area contributed by atoms with E-state index in [9.17, 15) is 4.79 Å². The van der Waals surface area contributed by atoms with Crippen molar-refractivity contribution in [3.8, 4) is 0 Å². The van der Waals surface area contributed by atoms with E-state index in [4.69, 9.17) is 4.74 Å². The first-order valence-corrected chi connectivity index (χ1v) is 11.1. The molecule has 31 heavy (non-hydrogen) atoms. The Morgan fingerprint density at radius 3 is 2.58 bits per heavy atom. The molecule has 1 amide bonds. The van der Waals surface area contributed by atoms with Gasteiger partial charge in [-0.05, 0) is 63.4 Å². The van der Waals surface area contributed by atoms with Crippen LogP contribution in [-0.4, -0.2) is 58.0 Å². The number of piperidine rings is 1. The van der Waals surface area contributed by atoms with Crippen LogP contribution < -0.4 is 5.32 Å². The maximum atomic E-state index is 12.6. The molecule has 1 aliphatic heterocycles. The van der Waals surface area contributed by atoms with Gasteiger partial charge in [-0.25, -0.2) is 19.3 Å². The van der Waals surface area contributed by atoms with E-state index in [0.717, 1.165) is 18.5 Å². The molecule has 166 valence electrons. The number of anilines is 2. The quantitative estimate of drug-likeness (QED) is 0.587. The van der Waals surface area contributed by atoms with Gasteiger partial charge in [0.25, 0.3) is 0 Å². The molecule has 1 saturated heterocycles. The molecule has 4 heterocycles. The molecule has 1 fully saturated rings. The van der Waals surface area contributed by atoms with Crippen molar-refractivity contribution in [2.75, 3.05) is 5.32 Å². The SMILES string of the molecule is CC1CC(n2cc(Nc3nc(Br)cn4ncnc34)cn2)CC(C)N1C(=O)OC(C)(C)C. The third-order valence-corrected chi connectivity index (χ3v) is 5.63. The monoisotopic (exact) mass is 490 g/mol. The van der Waals surface area contributed by atoms with Gasteiger partial charge >= 0.3 is 6.09 Å². The number of aromatic nitrogens is 6. The van der Waals surface area contributed by atoms with Crippen LogP contribution in [0.5, 0.6) is 0 Å². The minimum absolute atomic E-state index is 0.0478. The highest BCUT2D eigenvalue weighted by Gasteiger charge is 2.37. The van der Waals surface area contributed by atoms with Crippen LogP contribution in [0.2, 0.25) is 0 Å². The molecule has 4 rings (SSSR count). The number of hydrogen-bond acceptors (Lipinski definition) is 7. The van der Waals surface area contributed by atoms with Gasteiger partial charge in [0.05, 0.1) is 24.1 Å². The number of fused-ring (bicyclic) bond motifs is 1. The van der Waals surface area contributed by atoms with Gasteiger partial charge in [-0.2, -0.15) is 10.2 Å². The lowest BCUT2D eigenvalue weighted by Gasteiger charge is -2.42. The summed E-state index contributed by atoms with van der Waals surface area (Å²) in [6.07, 6.45) is 8.31. The predicted octanol–water partition coefficient (Wildman–Crippen LogP) is 4.18. The van der Waals surface area contributed by atoms with E-state index in [1.807, 2.05) is 36.5 Å². The smallest absolute Gasteiger partial charge is 0.410 e. The van der Waals surface area contributed by atoms with Crippen molar-refractivity contribution in [1.82, 2.24) is 34.3 Å². The largest absolute Gasteiger partial charge is 0.444 e. The van der Waals surface area contributed by atoms with Crippen LogP contribution in [-0.2, 0) is 4.74 Å². The van der Waals surface area contributed by atoms with E-state index in [1.165, 1.54) is 6.33 Å². The lowest BCUT2D eigenvalue weighted by Crippen LogP contribution is -2.51. The second kappa shape index (κ2) is 8.10. The molecule has 1 N–H and O–H groups in total. The number of ether oxygens (including phenoxy) is 1. The Morgan fingerprint density at radius 2 is 1.90 bits per heavy atom. The second-order valence-corrected chi connectivity index (χ2v) is 9.80. The van der Waals surface area contributed by atoms with Crippen LogP contribution in [0.3, 0.4) is 0 Å². The normalized spacial score (nSPS) is 22.0. The number of likely N-dealkylation sites (tertiary alicyclic amines) is 1. The van der Waals surface area contributed by atoms with E-state index in [-0.39, 0.29) is 24.2 Å². The van der Waals surface area contributed by atoms with Gasteiger partial charge < -0.3 is 15.0 Å². The van der Waals surface area contributed by atoms with Crippen molar-refractivity contribution in [2.24, 2.45) is 0 Å². The number of nitrogens with zero attached hydrogens (tertiary/aromatic N) is 7. The average molecular weight is 491 g/mol. The van der Waals surface area contributed by atoms with Crippen molar-refractivity contribution < 1.29 is 9.53 Å². The van der Waals surface area contributed by atoms with Crippen molar-refractivity contribution in [1.29, 1.82) is 0 Å². The fourth-order valence-corrected chi connectivity index (χ4v) is 4.43. The molecule has 0 radical (unpaired) electrons. The van der Waals surface area contributed by atoms with E-state index in [0.29, 0.717) is 16.1 Å². The van der Waals surface area contributed by atoms with Crippen LogP contribution >= 0.6 is 15.9 Å². The summed E-state index contributed by atoms with van der Waals surface area (Å²) in [4.78, 5) is 23.2. The zero-order valence-corrected chi connectivity index (χ0v) is 19.9. The number of rotatable bonds is 3.